The van der Waals surface area contributed by atoms with Crippen LogP contribution in [0.5, 0.6) is 0 Å². The lowest BCUT2D eigenvalue weighted by Crippen LogP contribution is -2.48. The van der Waals surface area contributed by atoms with Gasteiger partial charge >= 0.3 is 0 Å². The summed E-state index contributed by atoms with van der Waals surface area (Å²) in [5.41, 5.74) is 0. The fourth-order valence-corrected chi connectivity index (χ4v) is 1.58. The molecule has 0 amide bonds. The van der Waals surface area contributed by atoms with Crippen LogP contribution in [-0.2, 0) is 4.79 Å². The molecule has 0 aliphatic carbocycles. The normalized spacial score (nSPS) is 37.6. The Morgan fingerprint density at radius 1 is 1.50 bits per heavy atom. The van der Waals surface area contributed by atoms with Gasteiger partial charge < -0.3 is 5.32 Å². The van der Waals surface area contributed by atoms with Gasteiger partial charge in [-0.2, -0.15) is 0 Å². The topological polar surface area (TPSA) is 29.1 Å². The highest BCUT2D eigenvalue weighted by molar-refractivity contribution is 5.83. The molecule has 1 rings (SSSR count). The number of hydrogen-bond acceptors (Lipinski definition) is 2. The lowest BCUT2D eigenvalue weighted by Gasteiger charge is -2.30. The molecule has 3 atom stereocenters. The van der Waals surface area contributed by atoms with Gasteiger partial charge in [0.25, 0.3) is 0 Å². The number of ketones is 1. The maximum absolute atomic E-state index is 11.4. The van der Waals surface area contributed by atoms with Crippen molar-refractivity contribution in [1.82, 2.24) is 5.32 Å². The number of hydrogen-bond donors (Lipinski definition) is 1. The zero-order valence-corrected chi connectivity index (χ0v) is 8.00. The largest absolute Gasteiger partial charge is 0.307 e. The Hall–Kier alpha value is -0.630. The molecule has 0 saturated carbocycles. The molecule has 0 unspecified atom stereocenters. The monoisotopic (exact) mass is 167 g/mol. The van der Waals surface area contributed by atoms with Crippen LogP contribution in [0.1, 0.15) is 27.2 Å². The maximum atomic E-state index is 11.4. The van der Waals surface area contributed by atoms with E-state index in [1.807, 2.05) is 19.9 Å². The minimum atomic E-state index is 0.173. The molecule has 1 heterocycles. The Bertz CT molecular complexity index is 198. The molecule has 12 heavy (non-hydrogen) atoms. The van der Waals surface area contributed by atoms with Gasteiger partial charge in [-0.15, -0.1) is 0 Å². The van der Waals surface area contributed by atoms with Gasteiger partial charge in [0.05, 0.1) is 0 Å². The first-order valence-corrected chi connectivity index (χ1v) is 4.56. The number of piperidine rings is 1. The maximum Gasteiger partial charge on any atom is 0.139 e. The third kappa shape index (κ3) is 1.95. The van der Waals surface area contributed by atoms with Gasteiger partial charge in [0.1, 0.15) is 5.78 Å². The fraction of sp³-hybridized carbons (Fsp3) is 0.700. The molecule has 1 saturated heterocycles. The van der Waals surface area contributed by atoms with E-state index in [9.17, 15) is 4.79 Å². The molecule has 0 aromatic carbocycles. The lowest BCUT2D eigenvalue weighted by atomic mass is 9.88. The zero-order chi connectivity index (χ0) is 9.14. The van der Waals surface area contributed by atoms with E-state index >= 15 is 0 Å². The van der Waals surface area contributed by atoms with Gasteiger partial charge in [-0.25, -0.2) is 0 Å². The number of nitrogens with one attached hydrogen (secondary N) is 1. The smallest absolute Gasteiger partial charge is 0.139 e. The van der Waals surface area contributed by atoms with Gasteiger partial charge in [0, 0.05) is 24.4 Å². The second kappa shape index (κ2) is 3.85. The van der Waals surface area contributed by atoms with E-state index in [0.29, 0.717) is 18.2 Å². The molecule has 0 spiro atoms. The van der Waals surface area contributed by atoms with Gasteiger partial charge in [-0.05, 0) is 13.8 Å². The van der Waals surface area contributed by atoms with Crippen molar-refractivity contribution in [3.8, 4) is 0 Å². The molecule has 0 radical (unpaired) electrons. The molecule has 0 aromatic heterocycles. The number of allylic oxidation sites excluding steroid dienone is 1. The molecule has 1 fully saturated rings. The van der Waals surface area contributed by atoms with Crippen molar-refractivity contribution in [3.63, 3.8) is 0 Å². The highest BCUT2D eigenvalue weighted by Crippen LogP contribution is 2.16. The van der Waals surface area contributed by atoms with Gasteiger partial charge in [-0.3, -0.25) is 4.79 Å². The Morgan fingerprint density at radius 2 is 2.17 bits per heavy atom. The minimum Gasteiger partial charge on any atom is -0.307 e. The van der Waals surface area contributed by atoms with Crippen molar-refractivity contribution in [3.05, 3.63) is 12.2 Å². The molecule has 0 aromatic rings. The van der Waals surface area contributed by atoms with Crippen LogP contribution in [0.4, 0.5) is 0 Å². The van der Waals surface area contributed by atoms with Crippen molar-refractivity contribution < 1.29 is 4.79 Å². The lowest BCUT2D eigenvalue weighted by molar-refractivity contribution is -0.125. The first-order valence-electron chi connectivity index (χ1n) is 4.56. The van der Waals surface area contributed by atoms with Crippen molar-refractivity contribution in [1.29, 1.82) is 0 Å². The zero-order valence-electron chi connectivity index (χ0n) is 8.00. The first kappa shape index (κ1) is 9.46. The molecule has 68 valence electrons. The Kier molecular flexibility index (Phi) is 3.04. The average molecular weight is 167 g/mol. The second-order valence-corrected chi connectivity index (χ2v) is 3.55. The van der Waals surface area contributed by atoms with Crippen LogP contribution >= 0.6 is 0 Å². The molecule has 2 heteroatoms. The van der Waals surface area contributed by atoms with Gasteiger partial charge in [-0.1, -0.05) is 19.1 Å². The van der Waals surface area contributed by atoms with Crippen LogP contribution < -0.4 is 5.32 Å². The van der Waals surface area contributed by atoms with Crippen LogP contribution in [-0.4, -0.2) is 17.9 Å². The van der Waals surface area contributed by atoms with E-state index < -0.39 is 0 Å². The Labute approximate surface area is 74.0 Å². The Balaban J connectivity index is 2.59. The highest BCUT2D eigenvalue weighted by Gasteiger charge is 2.28. The molecule has 1 aliphatic rings. The fourth-order valence-electron chi connectivity index (χ4n) is 1.58. The van der Waals surface area contributed by atoms with Crippen LogP contribution in [0.25, 0.3) is 0 Å². The number of rotatable bonds is 1. The number of carbonyl (C=O) groups excluding carboxylic acids is 1. The van der Waals surface area contributed by atoms with Crippen LogP contribution in [0, 0.1) is 5.92 Å². The summed E-state index contributed by atoms with van der Waals surface area (Å²) < 4.78 is 0. The summed E-state index contributed by atoms with van der Waals surface area (Å²) in [7, 11) is 0. The van der Waals surface area contributed by atoms with Crippen LogP contribution in [0.3, 0.4) is 0 Å². The molecule has 0 bridgehead atoms. The van der Waals surface area contributed by atoms with Crippen LogP contribution in [0.15, 0.2) is 12.2 Å². The number of Topliss-reactive ketones (excluding diaryl/α,β-unsaturated/α-hetero) is 1. The predicted octanol–water partition coefficient (Wildman–Crippen LogP) is 1.52. The predicted molar refractivity (Wildman–Crippen MR) is 50.0 cm³/mol. The van der Waals surface area contributed by atoms with Crippen molar-refractivity contribution >= 4 is 5.78 Å². The molecular weight excluding hydrogens is 150 g/mol. The van der Waals surface area contributed by atoms with Crippen molar-refractivity contribution in [2.75, 3.05) is 0 Å². The summed E-state index contributed by atoms with van der Waals surface area (Å²) in [5, 5.41) is 3.39. The molecule has 2 nitrogen and oxygen atoms in total. The second-order valence-electron chi connectivity index (χ2n) is 3.55. The van der Waals surface area contributed by atoms with E-state index in [-0.39, 0.29) is 12.0 Å². The molecule has 1 N–H and O–H groups in total. The minimum absolute atomic E-state index is 0.173. The summed E-state index contributed by atoms with van der Waals surface area (Å²) in [6.45, 7) is 6.04. The standard InChI is InChI=1S/C10H17NO/c1-4-5-9-6-10(12)7(2)8(3)11-9/h4-5,7-9,11H,6H2,1-3H3/b5-4+/t7-,8-,9+/m0/s1. The van der Waals surface area contributed by atoms with E-state index in [1.54, 1.807) is 0 Å². The summed E-state index contributed by atoms with van der Waals surface area (Å²) in [5.74, 6) is 0.552. The molecular formula is C10H17NO. The molecule has 1 aliphatic heterocycles. The van der Waals surface area contributed by atoms with Crippen LogP contribution in [0.2, 0.25) is 0 Å². The van der Waals surface area contributed by atoms with Crippen molar-refractivity contribution in [2.24, 2.45) is 5.92 Å². The summed E-state index contributed by atoms with van der Waals surface area (Å²) in [6.07, 6.45) is 4.70. The van der Waals surface area contributed by atoms with Gasteiger partial charge in [0.15, 0.2) is 0 Å². The van der Waals surface area contributed by atoms with Gasteiger partial charge in [0.2, 0.25) is 0 Å². The third-order valence-electron chi connectivity index (χ3n) is 2.58. The summed E-state index contributed by atoms with van der Waals surface area (Å²) in [6, 6.07) is 0.571. The highest BCUT2D eigenvalue weighted by atomic mass is 16.1. The van der Waals surface area contributed by atoms with E-state index in [4.69, 9.17) is 0 Å². The van der Waals surface area contributed by atoms with E-state index in [1.165, 1.54) is 0 Å². The summed E-state index contributed by atoms with van der Waals surface area (Å²) >= 11 is 0. The number of carbonyl (C=O) groups is 1. The SMILES string of the molecule is C/C=C/[C@@H]1CC(=O)[C@@H](C)[C@H](C)N1. The van der Waals surface area contributed by atoms with Crippen molar-refractivity contribution in [2.45, 2.75) is 39.3 Å². The quantitative estimate of drug-likeness (QED) is 0.600. The average Bonchev–Trinajstić information content (AvgIpc) is 2.01. The third-order valence-corrected chi connectivity index (χ3v) is 2.58. The van der Waals surface area contributed by atoms with E-state index in [0.717, 1.165) is 0 Å². The summed E-state index contributed by atoms with van der Waals surface area (Å²) in [4.78, 5) is 11.4. The Morgan fingerprint density at radius 3 is 2.67 bits per heavy atom. The first-order chi connectivity index (χ1) is 5.65. The van der Waals surface area contributed by atoms with E-state index in [2.05, 4.69) is 18.3 Å².